The van der Waals surface area contributed by atoms with Gasteiger partial charge in [0.05, 0.1) is 6.10 Å². The predicted octanol–water partition coefficient (Wildman–Crippen LogP) is 2.20. The smallest absolute Gasteiger partial charge is 0.0685 e. The van der Waals surface area contributed by atoms with Crippen molar-refractivity contribution in [3.05, 3.63) is 35.9 Å². The van der Waals surface area contributed by atoms with Gasteiger partial charge in [0.15, 0.2) is 0 Å². The Kier molecular flexibility index (Phi) is 3.08. The molecule has 1 aromatic carbocycles. The summed E-state index contributed by atoms with van der Waals surface area (Å²) in [6, 6.07) is 11.4. The Labute approximate surface area is 91.5 Å². The van der Waals surface area contributed by atoms with Crippen LogP contribution in [0.15, 0.2) is 30.3 Å². The second kappa shape index (κ2) is 4.33. The minimum Gasteiger partial charge on any atom is -0.392 e. The van der Waals surface area contributed by atoms with Crippen molar-refractivity contribution in [2.24, 2.45) is 0 Å². The van der Waals surface area contributed by atoms with Crippen LogP contribution < -0.4 is 0 Å². The zero-order chi connectivity index (χ0) is 10.8. The molecule has 82 valence electrons. The predicted molar refractivity (Wildman–Crippen MR) is 61.6 cm³/mol. The standard InChI is InChI=1S/C13H19NO/c1-10(2)14-9-12(15)8-13(14)11-6-4-3-5-7-11/h3-7,10,12-13,15H,8-9H2,1-2H3. The van der Waals surface area contributed by atoms with Crippen LogP contribution in [0.5, 0.6) is 0 Å². The van der Waals surface area contributed by atoms with E-state index in [-0.39, 0.29) is 6.10 Å². The molecule has 15 heavy (non-hydrogen) atoms. The number of hydrogen-bond donors (Lipinski definition) is 1. The Morgan fingerprint density at radius 3 is 2.53 bits per heavy atom. The van der Waals surface area contributed by atoms with Crippen LogP contribution in [0, 0.1) is 0 Å². The van der Waals surface area contributed by atoms with Crippen molar-refractivity contribution < 1.29 is 5.11 Å². The zero-order valence-electron chi connectivity index (χ0n) is 9.43. The number of rotatable bonds is 2. The number of aliphatic hydroxyl groups excluding tert-OH is 1. The minimum atomic E-state index is -0.169. The largest absolute Gasteiger partial charge is 0.392 e. The third-order valence-electron chi connectivity index (χ3n) is 3.16. The molecule has 1 aliphatic heterocycles. The van der Waals surface area contributed by atoms with Gasteiger partial charge in [0.2, 0.25) is 0 Å². The Bertz CT molecular complexity index is 310. The molecule has 2 nitrogen and oxygen atoms in total. The van der Waals surface area contributed by atoms with Crippen LogP contribution in [-0.2, 0) is 0 Å². The molecular formula is C13H19NO. The van der Waals surface area contributed by atoms with Gasteiger partial charge in [-0.15, -0.1) is 0 Å². The Balaban J connectivity index is 2.21. The van der Waals surface area contributed by atoms with Crippen LogP contribution in [0.25, 0.3) is 0 Å². The van der Waals surface area contributed by atoms with Crippen molar-refractivity contribution in [2.45, 2.75) is 38.5 Å². The maximum Gasteiger partial charge on any atom is 0.0685 e. The van der Waals surface area contributed by atoms with Gasteiger partial charge in [0.25, 0.3) is 0 Å². The summed E-state index contributed by atoms with van der Waals surface area (Å²) in [6.45, 7) is 5.18. The molecule has 2 atom stereocenters. The molecule has 2 unspecified atom stereocenters. The molecule has 0 aliphatic carbocycles. The normalized spacial score (nSPS) is 27.5. The van der Waals surface area contributed by atoms with Gasteiger partial charge in [-0.1, -0.05) is 30.3 Å². The van der Waals surface area contributed by atoms with Crippen LogP contribution in [0.4, 0.5) is 0 Å². The first-order valence-electron chi connectivity index (χ1n) is 5.67. The topological polar surface area (TPSA) is 23.5 Å². The minimum absolute atomic E-state index is 0.169. The van der Waals surface area contributed by atoms with Gasteiger partial charge in [-0.3, -0.25) is 4.90 Å². The lowest BCUT2D eigenvalue weighted by atomic mass is 10.0. The quantitative estimate of drug-likeness (QED) is 0.800. The molecule has 0 radical (unpaired) electrons. The SMILES string of the molecule is CC(C)N1CC(O)CC1c1ccccc1. The zero-order valence-corrected chi connectivity index (χ0v) is 9.43. The highest BCUT2D eigenvalue weighted by molar-refractivity contribution is 5.20. The number of aliphatic hydroxyl groups is 1. The van der Waals surface area contributed by atoms with Crippen molar-refractivity contribution in [3.8, 4) is 0 Å². The van der Waals surface area contributed by atoms with Crippen molar-refractivity contribution in [3.63, 3.8) is 0 Å². The highest BCUT2D eigenvalue weighted by Gasteiger charge is 2.33. The molecule has 0 aromatic heterocycles. The summed E-state index contributed by atoms with van der Waals surface area (Å²) in [4.78, 5) is 2.38. The lowest BCUT2D eigenvalue weighted by Gasteiger charge is -2.28. The van der Waals surface area contributed by atoms with Gasteiger partial charge in [-0.05, 0) is 25.8 Å². The highest BCUT2D eigenvalue weighted by atomic mass is 16.3. The summed E-state index contributed by atoms with van der Waals surface area (Å²) >= 11 is 0. The first-order chi connectivity index (χ1) is 7.18. The molecule has 0 saturated carbocycles. The first-order valence-corrected chi connectivity index (χ1v) is 5.67. The van der Waals surface area contributed by atoms with E-state index in [1.54, 1.807) is 0 Å². The Morgan fingerprint density at radius 1 is 1.27 bits per heavy atom. The van der Waals surface area contributed by atoms with E-state index in [2.05, 4.69) is 43.0 Å². The number of hydrogen-bond acceptors (Lipinski definition) is 2. The van der Waals surface area contributed by atoms with Gasteiger partial charge in [0.1, 0.15) is 0 Å². The molecule has 1 N–H and O–H groups in total. The van der Waals surface area contributed by atoms with Crippen LogP contribution in [0.2, 0.25) is 0 Å². The number of β-amino-alcohol motifs (C(OH)–C–C–N with tert-alkyl or cyclic N) is 1. The molecule has 1 aromatic rings. The van der Waals surface area contributed by atoms with E-state index in [0.29, 0.717) is 12.1 Å². The lowest BCUT2D eigenvalue weighted by molar-refractivity contribution is 0.159. The van der Waals surface area contributed by atoms with E-state index >= 15 is 0 Å². The first kappa shape index (κ1) is 10.7. The molecule has 1 heterocycles. The molecule has 1 aliphatic rings. The molecule has 0 amide bonds. The van der Waals surface area contributed by atoms with Gasteiger partial charge in [-0.2, -0.15) is 0 Å². The molecule has 0 bridgehead atoms. The average Bonchev–Trinajstić information content (AvgIpc) is 2.62. The maximum atomic E-state index is 9.74. The van der Waals surface area contributed by atoms with Gasteiger partial charge < -0.3 is 5.11 Å². The van der Waals surface area contributed by atoms with E-state index < -0.39 is 0 Å². The maximum absolute atomic E-state index is 9.74. The summed E-state index contributed by atoms with van der Waals surface area (Å²) in [6.07, 6.45) is 0.694. The average molecular weight is 205 g/mol. The fourth-order valence-corrected chi connectivity index (χ4v) is 2.41. The molecule has 1 fully saturated rings. The Hall–Kier alpha value is -0.860. The summed E-state index contributed by atoms with van der Waals surface area (Å²) in [7, 11) is 0. The van der Waals surface area contributed by atoms with Crippen molar-refractivity contribution >= 4 is 0 Å². The second-order valence-electron chi connectivity index (χ2n) is 4.61. The highest BCUT2D eigenvalue weighted by Crippen LogP contribution is 2.33. The number of nitrogens with zero attached hydrogens (tertiary/aromatic N) is 1. The number of benzene rings is 1. The van der Waals surface area contributed by atoms with Gasteiger partial charge in [0, 0.05) is 18.6 Å². The lowest BCUT2D eigenvalue weighted by Crippen LogP contribution is -2.31. The molecule has 0 spiro atoms. The van der Waals surface area contributed by atoms with Crippen molar-refractivity contribution in [1.82, 2.24) is 4.90 Å². The molecular weight excluding hydrogens is 186 g/mol. The molecule has 2 rings (SSSR count). The molecule has 1 saturated heterocycles. The second-order valence-corrected chi connectivity index (χ2v) is 4.61. The summed E-state index contributed by atoms with van der Waals surface area (Å²) in [5.41, 5.74) is 1.32. The summed E-state index contributed by atoms with van der Waals surface area (Å²) < 4.78 is 0. The van der Waals surface area contributed by atoms with Crippen LogP contribution >= 0.6 is 0 Å². The van der Waals surface area contributed by atoms with Crippen LogP contribution in [0.1, 0.15) is 31.9 Å². The Morgan fingerprint density at radius 2 is 1.93 bits per heavy atom. The fourth-order valence-electron chi connectivity index (χ4n) is 2.41. The van der Waals surface area contributed by atoms with Gasteiger partial charge >= 0.3 is 0 Å². The molecule has 2 heteroatoms. The summed E-state index contributed by atoms with van der Waals surface area (Å²) in [5, 5.41) is 9.74. The third kappa shape index (κ3) is 2.21. The van der Waals surface area contributed by atoms with Crippen LogP contribution in [-0.4, -0.2) is 28.7 Å². The monoisotopic (exact) mass is 205 g/mol. The number of likely N-dealkylation sites (tertiary alicyclic amines) is 1. The van der Waals surface area contributed by atoms with E-state index in [1.165, 1.54) is 5.56 Å². The third-order valence-corrected chi connectivity index (χ3v) is 3.16. The van der Waals surface area contributed by atoms with E-state index in [1.807, 2.05) is 6.07 Å². The summed E-state index contributed by atoms with van der Waals surface area (Å²) in [5.74, 6) is 0. The van der Waals surface area contributed by atoms with Crippen molar-refractivity contribution in [1.29, 1.82) is 0 Å². The van der Waals surface area contributed by atoms with Crippen LogP contribution in [0.3, 0.4) is 0 Å². The van der Waals surface area contributed by atoms with E-state index in [4.69, 9.17) is 0 Å². The fraction of sp³-hybridized carbons (Fsp3) is 0.538. The van der Waals surface area contributed by atoms with Gasteiger partial charge in [-0.25, -0.2) is 0 Å². The van der Waals surface area contributed by atoms with E-state index in [0.717, 1.165) is 13.0 Å². The van der Waals surface area contributed by atoms with E-state index in [9.17, 15) is 5.11 Å². The van der Waals surface area contributed by atoms with Crippen molar-refractivity contribution in [2.75, 3.05) is 6.54 Å².